The molecule has 6 heteroatoms. The molecule has 1 aromatic carbocycles. The molecular formula is C14H21BrN2O3. The second kappa shape index (κ2) is 9.61. The van der Waals surface area contributed by atoms with Crippen molar-refractivity contribution in [2.75, 3.05) is 19.8 Å². The van der Waals surface area contributed by atoms with E-state index in [1.807, 2.05) is 31.2 Å². The van der Waals surface area contributed by atoms with Crippen LogP contribution in [0.15, 0.2) is 28.7 Å². The number of ether oxygens (including phenoxy) is 1. The van der Waals surface area contributed by atoms with Gasteiger partial charge in [0.25, 0.3) is 0 Å². The first kappa shape index (κ1) is 16.8. The zero-order valence-corrected chi connectivity index (χ0v) is 13.1. The Balaban J connectivity index is 2.11. The molecule has 3 N–H and O–H groups in total. The summed E-state index contributed by atoms with van der Waals surface area (Å²) in [5.41, 5.74) is 0. The maximum atomic E-state index is 11.5. The molecule has 0 aliphatic heterocycles. The van der Waals surface area contributed by atoms with Crippen molar-refractivity contribution in [1.29, 1.82) is 0 Å². The average molecular weight is 345 g/mol. The first-order valence-corrected chi connectivity index (χ1v) is 7.44. The van der Waals surface area contributed by atoms with Crippen molar-refractivity contribution < 1.29 is 14.6 Å². The van der Waals surface area contributed by atoms with Gasteiger partial charge < -0.3 is 20.5 Å². The van der Waals surface area contributed by atoms with Crippen molar-refractivity contribution >= 4 is 22.0 Å². The van der Waals surface area contributed by atoms with E-state index < -0.39 is 0 Å². The zero-order valence-electron chi connectivity index (χ0n) is 11.6. The molecule has 0 aliphatic rings. The molecule has 0 spiro atoms. The number of hydrogen-bond acceptors (Lipinski definition) is 3. The fraction of sp³-hybridized carbons (Fsp3) is 0.500. The quantitative estimate of drug-likeness (QED) is 0.633. The Morgan fingerprint density at radius 3 is 2.75 bits per heavy atom. The van der Waals surface area contributed by atoms with Gasteiger partial charge >= 0.3 is 6.03 Å². The molecule has 0 bridgehead atoms. The van der Waals surface area contributed by atoms with Gasteiger partial charge in [0.1, 0.15) is 12.4 Å². The molecule has 0 heterocycles. The van der Waals surface area contributed by atoms with Crippen molar-refractivity contribution in [3.8, 4) is 5.75 Å². The summed E-state index contributed by atoms with van der Waals surface area (Å²) in [6, 6.07) is 7.36. The van der Waals surface area contributed by atoms with E-state index in [4.69, 9.17) is 9.84 Å². The molecule has 0 aromatic heterocycles. The molecule has 5 nitrogen and oxygen atoms in total. The topological polar surface area (TPSA) is 70.6 Å². The van der Waals surface area contributed by atoms with Gasteiger partial charge in [0, 0.05) is 17.1 Å². The lowest BCUT2D eigenvalue weighted by atomic mass is 10.2. The molecule has 20 heavy (non-hydrogen) atoms. The maximum Gasteiger partial charge on any atom is 0.315 e. The third kappa shape index (κ3) is 7.35. The fourth-order valence-electron chi connectivity index (χ4n) is 1.61. The molecule has 1 unspecified atom stereocenters. The lowest BCUT2D eigenvalue weighted by molar-refractivity contribution is 0.230. The standard InChI is InChI=1S/C14H21BrN2O3/c1-11(3-2-9-18)17-14(19)16-8-10-20-13-6-4-12(15)5-7-13/h4-7,11,18H,2-3,8-10H2,1H3,(H2,16,17,19). The predicted octanol–water partition coefficient (Wildman–Crippen LogP) is 2.29. The highest BCUT2D eigenvalue weighted by atomic mass is 79.9. The summed E-state index contributed by atoms with van der Waals surface area (Å²) in [7, 11) is 0. The van der Waals surface area contributed by atoms with Crippen molar-refractivity contribution in [2.24, 2.45) is 0 Å². The van der Waals surface area contributed by atoms with Gasteiger partial charge in [0.2, 0.25) is 0 Å². The van der Waals surface area contributed by atoms with E-state index in [0.29, 0.717) is 19.6 Å². The molecule has 0 fully saturated rings. The number of aliphatic hydroxyl groups is 1. The van der Waals surface area contributed by atoms with E-state index in [1.54, 1.807) is 0 Å². The monoisotopic (exact) mass is 344 g/mol. The number of rotatable bonds is 8. The van der Waals surface area contributed by atoms with Crippen molar-refractivity contribution in [3.63, 3.8) is 0 Å². The molecule has 0 aliphatic carbocycles. The van der Waals surface area contributed by atoms with E-state index in [1.165, 1.54) is 0 Å². The lowest BCUT2D eigenvalue weighted by Gasteiger charge is -2.14. The van der Waals surface area contributed by atoms with Crippen LogP contribution in [0.25, 0.3) is 0 Å². The van der Waals surface area contributed by atoms with E-state index >= 15 is 0 Å². The number of amides is 2. The first-order valence-electron chi connectivity index (χ1n) is 6.65. The van der Waals surface area contributed by atoms with Crippen LogP contribution in [-0.2, 0) is 0 Å². The predicted molar refractivity (Wildman–Crippen MR) is 82.0 cm³/mol. The summed E-state index contributed by atoms with van der Waals surface area (Å²) in [4.78, 5) is 11.5. The van der Waals surface area contributed by atoms with Crippen LogP contribution in [0.2, 0.25) is 0 Å². The molecule has 0 saturated carbocycles. The second-order valence-electron chi connectivity index (χ2n) is 4.47. The molecule has 2 amide bonds. The maximum absolute atomic E-state index is 11.5. The number of carbonyl (C=O) groups excluding carboxylic acids is 1. The van der Waals surface area contributed by atoms with Crippen LogP contribution in [0.5, 0.6) is 5.75 Å². The van der Waals surface area contributed by atoms with Gasteiger partial charge in [0.05, 0.1) is 6.54 Å². The summed E-state index contributed by atoms with van der Waals surface area (Å²) in [5.74, 6) is 0.770. The number of aliphatic hydroxyl groups excluding tert-OH is 1. The summed E-state index contributed by atoms with van der Waals surface area (Å²) >= 11 is 3.35. The van der Waals surface area contributed by atoms with Crippen LogP contribution in [0.4, 0.5) is 4.79 Å². The average Bonchev–Trinajstić information content (AvgIpc) is 2.43. The first-order chi connectivity index (χ1) is 9.61. The molecule has 0 radical (unpaired) electrons. The van der Waals surface area contributed by atoms with Gasteiger partial charge in [-0.15, -0.1) is 0 Å². The molecule has 0 saturated heterocycles. The Kier molecular flexibility index (Phi) is 8.06. The SMILES string of the molecule is CC(CCCO)NC(=O)NCCOc1ccc(Br)cc1. The molecule has 1 atom stereocenters. The number of urea groups is 1. The van der Waals surface area contributed by atoms with E-state index in [0.717, 1.165) is 16.6 Å². The van der Waals surface area contributed by atoms with Gasteiger partial charge in [0.15, 0.2) is 0 Å². The van der Waals surface area contributed by atoms with E-state index in [9.17, 15) is 4.79 Å². The van der Waals surface area contributed by atoms with Crippen LogP contribution in [0, 0.1) is 0 Å². The minimum absolute atomic E-state index is 0.0505. The zero-order chi connectivity index (χ0) is 14.8. The van der Waals surface area contributed by atoms with Crippen LogP contribution in [-0.4, -0.2) is 36.9 Å². The number of hydrogen-bond donors (Lipinski definition) is 3. The summed E-state index contributed by atoms with van der Waals surface area (Å²) in [5, 5.41) is 14.2. The Morgan fingerprint density at radius 1 is 1.40 bits per heavy atom. The van der Waals surface area contributed by atoms with E-state index in [-0.39, 0.29) is 18.7 Å². The third-order valence-corrected chi connectivity index (χ3v) is 3.17. The number of benzene rings is 1. The number of nitrogens with one attached hydrogen (secondary N) is 2. The highest BCUT2D eigenvalue weighted by Gasteiger charge is 2.05. The molecule has 1 rings (SSSR count). The minimum Gasteiger partial charge on any atom is -0.492 e. The lowest BCUT2D eigenvalue weighted by Crippen LogP contribution is -2.42. The highest BCUT2D eigenvalue weighted by molar-refractivity contribution is 9.10. The largest absolute Gasteiger partial charge is 0.492 e. The summed E-state index contributed by atoms with van der Waals surface area (Å²) < 4.78 is 6.48. The Labute approximate surface area is 127 Å². The molecule has 1 aromatic rings. The van der Waals surface area contributed by atoms with Gasteiger partial charge in [-0.05, 0) is 44.0 Å². The van der Waals surface area contributed by atoms with Crippen LogP contribution >= 0.6 is 15.9 Å². The minimum atomic E-state index is -0.213. The third-order valence-electron chi connectivity index (χ3n) is 2.64. The molecular weight excluding hydrogens is 324 g/mol. The van der Waals surface area contributed by atoms with Crippen molar-refractivity contribution in [3.05, 3.63) is 28.7 Å². The van der Waals surface area contributed by atoms with E-state index in [2.05, 4.69) is 26.6 Å². The Morgan fingerprint density at radius 2 is 2.10 bits per heavy atom. The van der Waals surface area contributed by atoms with Gasteiger partial charge in [-0.3, -0.25) is 0 Å². The van der Waals surface area contributed by atoms with Gasteiger partial charge in [-0.1, -0.05) is 15.9 Å². The van der Waals surface area contributed by atoms with Crippen LogP contribution in [0.3, 0.4) is 0 Å². The van der Waals surface area contributed by atoms with Gasteiger partial charge in [-0.25, -0.2) is 4.79 Å². The smallest absolute Gasteiger partial charge is 0.315 e. The second-order valence-corrected chi connectivity index (χ2v) is 5.39. The van der Waals surface area contributed by atoms with Gasteiger partial charge in [-0.2, -0.15) is 0 Å². The molecule has 112 valence electrons. The highest BCUT2D eigenvalue weighted by Crippen LogP contribution is 2.15. The van der Waals surface area contributed by atoms with Crippen LogP contribution < -0.4 is 15.4 Å². The normalized spacial score (nSPS) is 11.8. The summed E-state index contributed by atoms with van der Waals surface area (Å²) in [6.45, 7) is 2.91. The van der Waals surface area contributed by atoms with Crippen molar-refractivity contribution in [1.82, 2.24) is 10.6 Å². The Hall–Kier alpha value is -1.27. The van der Waals surface area contributed by atoms with Crippen molar-refractivity contribution in [2.45, 2.75) is 25.8 Å². The fourth-order valence-corrected chi connectivity index (χ4v) is 1.87. The number of halogens is 1. The Bertz CT molecular complexity index is 398. The number of carbonyl (C=O) groups is 1. The van der Waals surface area contributed by atoms with Crippen LogP contribution in [0.1, 0.15) is 19.8 Å². The summed E-state index contributed by atoms with van der Waals surface area (Å²) in [6.07, 6.45) is 1.45.